The number of hydrogen-bond acceptors (Lipinski definition) is 6. The first-order valence-corrected chi connectivity index (χ1v) is 14.0. The summed E-state index contributed by atoms with van der Waals surface area (Å²) in [5.41, 5.74) is 2.50. The summed E-state index contributed by atoms with van der Waals surface area (Å²) in [6, 6.07) is 6.24. The fourth-order valence-electron chi connectivity index (χ4n) is 4.74. The number of aryl methyl sites for hydroxylation is 1. The van der Waals surface area contributed by atoms with Gasteiger partial charge >= 0.3 is 10.1 Å². The van der Waals surface area contributed by atoms with Gasteiger partial charge in [0.15, 0.2) is 0 Å². The Morgan fingerprint density at radius 3 is 2.73 bits per heavy atom. The van der Waals surface area contributed by atoms with Crippen LogP contribution in [0.15, 0.2) is 18.2 Å². The lowest BCUT2D eigenvalue weighted by Crippen LogP contribution is -2.41. The second kappa shape index (κ2) is 12.2. The smallest absolute Gasteiger partial charge is 0.311 e. The van der Waals surface area contributed by atoms with Gasteiger partial charge in [0.05, 0.1) is 5.25 Å². The lowest BCUT2D eigenvalue weighted by Gasteiger charge is -2.35. The normalized spacial score (nSPS) is 19.6. The zero-order valence-corrected chi connectivity index (χ0v) is 21.3. The van der Waals surface area contributed by atoms with Crippen LogP contribution in [-0.4, -0.2) is 74.7 Å². The lowest BCUT2D eigenvalue weighted by atomic mass is 9.87. The van der Waals surface area contributed by atoms with E-state index in [9.17, 15) is 13.2 Å². The van der Waals surface area contributed by atoms with Crippen LogP contribution in [0.4, 0.5) is 0 Å². The Balaban J connectivity index is 1.53. The molecule has 1 aromatic carbocycles. The molecular weight excluding hydrogens is 438 g/mol. The van der Waals surface area contributed by atoms with Crippen molar-refractivity contribution in [3.8, 4) is 5.75 Å². The average Bonchev–Trinajstić information content (AvgIpc) is 2.99. The van der Waals surface area contributed by atoms with Gasteiger partial charge in [-0.25, -0.2) is 0 Å². The first-order valence-electron chi connectivity index (χ1n) is 12.6. The van der Waals surface area contributed by atoms with Gasteiger partial charge in [-0.2, -0.15) is 8.42 Å². The molecule has 1 unspecified atom stereocenters. The molecule has 1 amide bonds. The van der Waals surface area contributed by atoms with Crippen molar-refractivity contribution in [1.29, 1.82) is 0 Å². The number of fused-ring (bicyclic) bond motifs is 1. The van der Waals surface area contributed by atoms with Gasteiger partial charge < -0.3 is 19.3 Å². The van der Waals surface area contributed by atoms with Crippen LogP contribution in [0.2, 0.25) is 0 Å². The van der Waals surface area contributed by atoms with Crippen LogP contribution in [0.25, 0.3) is 0 Å². The van der Waals surface area contributed by atoms with Gasteiger partial charge in [0, 0.05) is 38.6 Å². The summed E-state index contributed by atoms with van der Waals surface area (Å²) in [4.78, 5) is 16.8. The molecule has 0 saturated carbocycles. The fourth-order valence-corrected chi connectivity index (χ4v) is 5.31. The molecule has 3 rings (SSSR count). The maximum Gasteiger partial charge on any atom is 0.311 e. The van der Waals surface area contributed by atoms with Crippen LogP contribution >= 0.6 is 0 Å². The van der Waals surface area contributed by atoms with Crippen molar-refractivity contribution in [2.45, 2.75) is 77.0 Å². The Hall–Kier alpha value is -1.64. The molecule has 186 valence electrons. The molecular formula is C25H41N3O4S. The largest absolute Gasteiger partial charge is 0.382 e. The highest BCUT2D eigenvalue weighted by atomic mass is 32.2. The summed E-state index contributed by atoms with van der Waals surface area (Å²) in [6.07, 6.45) is 6.88. The Labute approximate surface area is 200 Å². The molecule has 33 heavy (non-hydrogen) atoms. The van der Waals surface area contributed by atoms with Crippen molar-refractivity contribution in [3.05, 3.63) is 29.3 Å². The minimum absolute atomic E-state index is 0.277. The maximum atomic E-state index is 12.2. The highest BCUT2D eigenvalue weighted by Crippen LogP contribution is 2.29. The summed E-state index contributed by atoms with van der Waals surface area (Å²) in [7, 11) is -3.57. The van der Waals surface area contributed by atoms with E-state index in [1.165, 1.54) is 11.1 Å². The van der Waals surface area contributed by atoms with E-state index < -0.39 is 15.4 Å². The highest BCUT2D eigenvalue weighted by molar-refractivity contribution is 7.87. The van der Waals surface area contributed by atoms with Crippen LogP contribution in [0.1, 0.15) is 64.0 Å². The second-order valence-electron chi connectivity index (χ2n) is 9.58. The number of nitrogens with zero attached hydrogens (tertiary/aromatic N) is 2. The number of amides is 1. The predicted octanol–water partition coefficient (Wildman–Crippen LogP) is 2.98. The van der Waals surface area contributed by atoms with E-state index in [2.05, 4.69) is 17.1 Å². The number of carbonyl (C=O) groups is 1. The zero-order valence-electron chi connectivity index (χ0n) is 20.5. The van der Waals surface area contributed by atoms with Gasteiger partial charge in [0.1, 0.15) is 5.75 Å². The van der Waals surface area contributed by atoms with Gasteiger partial charge in [-0.05, 0) is 88.7 Å². The first-order chi connectivity index (χ1) is 15.8. The maximum absolute atomic E-state index is 12.2. The van der Waals surface area contributed by atoms with E-state index in [0.29, 0.717) is 18.2 Å². The van der Waals surface area contributed by atoms with E-state index in [0.717, 1.165) is 77.8 Å². The summed E-state index contributed by atoms with van der Waals surface area (Å²) in [5, 5.41) is 2.73. The van der Waals surface area contributed by atoms with E-state index in [4.69, 9.17) is 4.18 Å². The van der Waals surface area contributed by atoms with Gasteiger partial charge in [-0.15, -0.1) is 0 Å². The average molecular weight is 480 g/mol. The lowest BCUT2D eigenvalue weighted by molar-refractivity contribution is -0.130. The minimum Gasteiger partial charge on any atom is -0.382 e. The Kier molecular flexibility index (Phi) is 9.58. The molecule has 8 heteroatoms. The second-order valence-corrected chi connectivity index (χ2v) is 11.7. The molecule has 0 bridgehead atoms. The van der Waals surface area contributed by atoms with E-state index >= 15 is 0 Å². The number of unbranched alkanes of at least 4 members (excludes halogenated alkanes) is 1. The molecule has 1 heterocycles. The van der Waals surface area contributed by atoms with Crippen molar-refractivity contribution in [2.24, 2.45) is 0 Å². The van der Waals surface area contributed by atoms with Crippen LogP contribution in [0, 0.1) is 0 Å². The highest BCUT2D eigenvalue weighted by Gasteiger charge is 2.25. The number of benzene rings is 1. The van der Waals surface area contributed by atoms with Crippen LogP contribution in [-0.2, 0) is 27.8 Å². The molecule has 0 aromatic heterocycles. The van der Waals surface area contributed by atoms with Gasteiger partial charge in [0.2, 0.25) is 5.91 Å². The molecule has 2 aliphatic rings. The molecule has 1 atom stereocenters. The topological polar surface area (TPSA) is 79.0 Å². The van der Waals surface area contributed by atoms with E-state index in [1.807, 2.05) is 17.0 Å². The molecule has 1 aliphatic carbocycles. The summed E-state index contributed by atoms with van der Waals surface area (Å²) >= 11 is 0. The molecule has 0 spiro atoms. The number of rotatable bonds is 11. The van der Waals surface area contributed by atoms with Gasteiger partial charge in [-0.1, -0.05) is 13.0 Å². The van der Waals surface area contributed by atoms with Crippen molar-refractivity contribution in [3.63, 3.8) is 0 Å². The quantitative estimate of drug-likeness (QED) is 0.388. The minimum atomic E-state index is -3.57. The monoisotopic (exact) mass is 479 g/mol. The number of nitrogens with one attached hydrogen (secondary N) is 1. The molecule has 1 fully saturated rings. The predicted molar refractivity (Wildman–Crippen MR) is 132 cm³/mol. The summed E-state index contributed by atoms with van der Waals surface area (Å²) in [6.45, 7) is 11.0. The molecule has 1 aromatic rings. The van der Waals surface area contributed by atoms with Crippen LogP contribution in [0.3, 0.4) is 0 Å². The SMILES string of the molecule is CCCN(CCCCN1CCNCCC1=O)C1CCc2cc(OS(=O)(=O)C(C)C)ccc2C1. The molecule has 1 N–H and O–H groups in total. The number of carbonyl (C=O) groups excluding carboxylic acids is 1. The zero-order chi connectivity index (χ0) is 23.8. The van der Waals surface area contributed by atoms with Gasteiger partial charge in [-0.3, -0.25) is 4.79 Å². The molecule has 1 saturated heterocycles. The fraction of sp³-hybridized carbons (Fsp3) is 0.720. The molecule has 0 radical (unpaired) electrons. The molecule has 7 nitrogen and oxygen atoms in total. The third kappa shape index (κ3) is 7.42. The van der Waals surface area contributed by atoms with Crippen LogP contribution < -0.4 is 9.50 Å². The Bertz CT molecular complexity index is 888. The number of hydrogen-bond donors (Lipinski definition) is 1. The van der Waals surface area contributed by atoms with Crippen molar-refractivity contribution < 1.29 is 17.4 Å². The van der Waals surface area contributed by atoms with Crippen LogP contribution in [0.5, 0.6) is 5.75 Å². The first kappa shape index (κ1) is 26.0. The van der Waals surface area contributed by atoms with Crippen molar-refractivity contribution >= 4 is 16.0 Å². The standard InChI is InChI=1S/C25H41N3O4S/c1-4-14-27(15-5-6-16-28-17-13-26-12-11-25(28)29)23-9-7-22-19-24(10-8-21(22)18-23)32-33(30,31)20(2)3/h8,10,19-20,23,26H,4-7,9,11-18H2,1-3H3. The van der Waals surface area contributed by atoms with E-state index in [1.54, 1.807) is 19.9 Å². The molecule has 1 aliphatic heterocycles. The van der Waals surface area contributed by atoms with Gasteiger partial charge in [0.25, 0.3) is 0 Å². The summed E-state index contributed by atoms with van der Waals surface area (Å²) in [5.74, 6) is 0.698. The van der Waals surface area contributed by atoms with Crippen molar-refractivity contribution in [1.82, 2.24) is 15.1 Å². The third-order valence-corrected chi connectivity index (χ3v) is 8.33. The third-order valence-electron chi connectivity index (χ3n) is 6.75. The van der Waals surface area contributed by atoms with Crippen molar-refractivity contribution in [2.75, 3.05) is 39.3 Å². The van der Waals surface area contributed by atoms with E-state index in [-0.39, 0.29) is 5.91 Å². The summed E-state index contributed by atoms with van der Waals surface area (Å²) < 4.78 is 29.5. The Morgan fingerprint density at radius 1 is 1.15 bits per heavy atom. The Morgan fingerprint density at radius 2 is 1.97 bits per heavy atom.